The molecule has 0 radical (unpaired) electrons. The summed E-state index contributed by atoms with van der Waals surface area (Å²) in [6, 6.07) is 16.2. The van der Waals surface area contributed by atoms with Gasteiger partial charge >= 0.3 is 5.97 Å². The van der Waals surface area contributed by atoms with E-state index in [1.165, 1.54) is 0 Å². The van der Waals surface area contributed by atoms with Gasteiger partial charge in [-0.1, -0.05) is 42.5 Å². The third-order valence-electron chi connectivity index (χ3n) is 5.43. The van der Waals surface area contributed by atoms with Crippen LogP contribution in [0.1, 0.15) is 43.2 Å². The smallest absolute Gasteiger partial charge is 0.337 e. The Labute approximate surface area is 169 Å². The number of rotatable bonds is 4. The van der Waals surface area contributed by atoms with Crippen molar-refractivity contribution in [3.63, 3.8) is 0 Å². The maximum atomic E-state index is 13.1. The van der Waals surface area contributed by atoms with Gasteiger partial charge in [-0.15, -0.1) is 0 Å². The molecule has 5 nitrogen and oxygen atoms in total. The summed E-state index contributed by atoms with van der Waals surface area (Å²) in [7, 11) is 0. The van der Waals surface area contributed by atoms with Gasteiger partial charge in [0.1, 0.15) is 12.4 Å². The summed E-state index contributed by atoms with van der Waals surface area (Å²) in [5.41, 5.74) is 4.36. The first-order chi connectivity index (χ1) is 14.0. The highest BCUT2D eigenvalue weighted by Gasteiger charge is 2.39. The van der Waals surface area contributed by atoms with Crippen molar-refractivity contribution in [2.45, 2.75) is 38.7 Å². The molecule has 0 saturated carbocycles. The SMILES string of the molecule is CC1=C(C(=O)OCc2ccccc2)[C@@H](c2ccc(O)cc2)C2=C(CCCC2=O)N1. The predicted molar refractivity (Wildman–Crippen MR) is 109 cm³/mol. The van der Waals surface area contributed by atoms with Gasteiger partial charge in [0.15, 0.2) is 5.78 Å². The zero-order valence-corrected chi connectivity index (χ0v) is 16.3. The maximum Gasteiger partial charge on any atom is 0.337 e. The van der Waals surface area contributed by atoms with E-state index >= 15 is 0 Å². The van der Waals surface area contributed by atoms with Crippen LogP contribution in [0.25, 0.3) is 0 Å². The quantitative estimate of drug-likeness (QED) is 0.770. The fourth-order valence-electron chi connectivity index (χ4n) is 4.05. The number of hydrogen-bond donors (Lipinski definition) is 2. The van der Waals surface area contributed by atoms with E-state index in [1.54, 1.807) is 24.3 Å². The molecule has 0 bridgehead atoms. The minimum Gasteiger partial charge on any atom is -0.508 e. The topological polar surface area (TPSA) is 75.6 Å². The number of aromatic hydroxyl groups is 1. The highest BCUT2D eigenvalue weighted by molar-refractivity contribution is 6.03. The van der Waals surface area contributed by atoms with Crippen molar-refractivity contribution in [3.05, 3.63) is 88.3 Å². The van der Waals surface area contributed by atoms with Crippen LogP contribution in [0.5, 0.6) is 5.75 Å². The van der Waals surface area contributed by atoms with Crippen molar-refractivity contribution in [1.82, 2.24) is 5.32 Å². The number of phenols is 1. The van der Waals surface area contributed by atoms with Gasteiger partial charge in [0.05, 0.1) is 5.57 Å². The first-order valence-electron chi connectivity index (χ1n) is 9.78. The second-order valence-corrected chi connectivity index (χ2v) is 7.42. The Morgan fingerprint density at radius 1 is 1.10 bits per heavy atom. The molecule has 1 aliphatic heterocycles. The van der Waals surface area contributed by atoms with Crippen LogP contribution in [0.3, 0.4) is 0 Å². The monoisotopic (exact) mass is 389 g/mol. The number of benzene rings is 2. The molecule has 29 heavy (non-hydrogen) atoms. The molecule has 1 atom stereocenters. The average molecular weight is 389 g/mol. The number of nitrogens with one attached hydrogen (secondary N) is 1. The van der Waals surface area contributed by atoms with Gasteiger partial charge in [-0.25, -0.2) is 4.79 Å². The minimum absolute atomic E-state index is 0.0534. The zero-order chi connectivity index (χ0) is 20.4. The number of dihydropyridines is 1. The summed E-state index contributed by atoms with van der Waals surface area (Å²) in [4.78, 5) is 25.9. The Bertz CT molecular complexity index is 1000. The first-order valence-corrected chi connectivity index (χ1v) is 9.78. The summed E-state index contributed by atoms with van der Waals surface area (Å²) in [6.07, 6.45) is 2.05. The standard InChI is InChI=1S/C24H23NO4/c1-15-21(24(28)29-14-16-6-3-2-4-7-16)22(17-10-12-18(26)13-11-17)23-19(25-15)8-5-9-20(23)27/h2-4,6-7,10-13,22,25-26H,5,8-9,14H2,1H3/t22-/m1/s1. The third-order valence-corrected chi connectivity index (χ3v) is 5.43. The number of phenolic OH excluding ortho intramolecular Hbond substituents is 1. The van der Waals surface area contributed by atoms with Gasteiger partial charge in [-0.05, 0) is 43.0 Å². The van der Waals surface area contributed by atoms with Crippen LogP contribution in [0, 0.1) is 0 Å². The van der Waals surface area contributed by atoms with Crippen LogP contribution in [-0.4, -0.2) is 16.9 Å². The largest absolute Gasteiger partial charge is 0.508 e. The predicted octanol–water partition coefficient (Wildman–Crippen LogP) is 4.10. The van der Waals surface area contributed by atoms with Crippen LogP contribution in [-0.2, 0) is 20.9 Å². The molecule has 2 aromatic carbocycles. The number of allylic oxidation sites excluding steroid dienone is 3. The van der Waals surface area contributed by atoms with E-state index in [-0.39, 0.29) is 18.1 Å². The second-order valence-electron chi connectivity index (χ2n) is 7.42. The van der Waals surface area contributed by atoms with Crippen LogP contribution < -0.4 is 5.32 Å². The lowest BCUT2D eigenvalue weighted by molar-refractivity contribution is -0.140. The van der Waals surface area contributed by atoms with Gasteiger partial charge < -0.3 is 15.2 Å². The summed E-state index contributed by atoms with van der Waals surface area (Å²) >= 11 is 0. The van der Waals surface area contributed by atoms with E-state index in [2.05, 4.69) is 5.32 Å². The van der Waals surface area contributed by atoms with E-state index in [1.807, 2.05) is 37.3 Å². The fourth-order valence-corrected chi connectivity index (χ4v) is 4.05. The molecule has 2 N–H and O–H groups in total. The van der Waals surface area contributed by atoms with E-state index in [0.717, 1.165) is 29.7 Å². The summed E-state index contributed by atoms with van der Waals surface area (Å²) < 4.78 is 5.61. The van der Waals surface area contributed by atoms with Crippen molar-refractivity contribution in [2.75, 3.05) is 0 Å². The maximum absolute atomic E-state index is 13.1. The molecule has 5 heteroatoms. The molecule has 0 saturated heterocycles. The summed E-state index contributed by atoms with van der Waals surface area (Å²) in [5.74, 6) is -0.747. The zero-order valence-electron chi connectivity index (χ0n) is 16.3. The number of carbonyl (C=O) groups excluding carboxylic acids is 2. The molecule has 2 aliphatic rings. The lowest BCUT2D eigenvalue weighted by Gasteiger charge is -2.34. The molecular formula is C24H23NO4. The van der Waals surface area contributed by atoms with Crippen LogP contribution >= 0.6 is 0 Å². The van der Waals surface area contributed by atoms with Crippen molar-refractivity contribution in [1.29, 1.82) is 0 Å². The highest BCUT2D eigenvalue weighted by Crippen LogP contribution is 2.42. The number of esters is 1. The molecule has 148 valence electrons. The Kier molecular flexibility index (Phi) is 5.21. The second kappa shape index (κ2) is 7.95. The number of ether oxygens (including phenoxy) is 1. The molecule has 0 aromatic heterocycles. The first kappa shape index (κ1) is 19.0. The summed E-state index contributed by atoms with van der Waals surface area (Å²) in [6.45, 7) is 2.01. The summed E-state index contributed by atoms with van der Waals surface area (Å²) in [5, 5.41) is 13.0. The van der Waals surface area contributed by atoms with Gasteiger partial charge in [0.2, 0.25) is 0 Å². The molecule has 0 spiro atoms. The van der Waals surface area contributed by atoms with Crippen molar-refractivity contribution >= 4 is 11.8 Å². The van der Waals surface area contributed by atoms with E-state index in [4.69, 9.17) is 4.74 Å². The molecular weight excluding hydrogens is 366 g/mol. The number of ketones is 1. The minimum atomic E-state index is -0.497. The molecule has 4 rings (SSSR count). The average Bonchev–Trinajstić information content (AvgIpc) is 2.72. The Hall–Kier alpha value is -3.34. The van der Waals surface area contributed by atoms with E-state index < -0.39 is 11.9 Å². The van der Waals surface area contributed by atoms with Gasteiger partial charge in [0, 0.05) is 29.3 Å². The van der Waals surface area contributed by atoms with Crippen LogP contribution in [0.15, 0.2) is 77.1 Å². The molecule has 2 aromatic rings. The number of hydrogen-bond acceptors (Lipinski definition) is 5. The molecule has 1 heterocycles. The molecule has 0 amide bonds. The highest BCUT2D eigenvalue weighted by atomic mass is 16.5. The Balaban J connectivity index is 1.70. The number of Topliss-reactive ketones (excluding diaryl/α,β-unsaturated/α-hetero) is 1. The molecule has 1 aliphatic carbocycles. The fraction of sp³-hybridized carbons (Fsp3) is 0.250. The molecule has 0 fully saturated rings. The van der Waals surface area contributed by atoms with Crippen molar-refractivity contribution < 1.29 is 19.4 Å². The van der Waals surface area contributed by atoms with Crippen LogP contribution in [0.2, 0.25) is 0 Å². The lowest BCUT2D eigenvalue weighted by Crippen LogP contribution is -2.34. The number of carbonyl (C=O) groups is 2. The molecule has 0 unspecified atom stereocenters. The van der Waals surface area contributed by atoms with Crippen molar-refractivity contribution in [2.24, 2.45) is 0 Å². The lowest BCUT2D eigenvalue weighted by atomic mass is 9.75. The Morgan fingerprint density at radius 2 is 1.83 bits per heavy atom. The van der Waals surface area contributed by atoms with E-state index in [0.29, 0.717) is 23.3 Å². The van der Waals surface area contributed by atoms with Gasteiger partial charge in [-0.2, -0.15) is 0 Å². The van der Waals surface area contributed by atoms with Crippen molar-refractivity contribution in [3.8, 4) is 5.75 Å². The van der Waals surface area contributed by atoms with Crippen LogP contribution in [0.4, 0.5) is 0 Å². The third kappa shape index (κ3) is 3.81. The van der Waals surface area contributed by atoms with Gasteiger partial charge in [-0.3, -0.25) is 4.79 Å². The van der Waals surface area contributed by atoms with Gasteiger partial charge in [0.25, 0.3) is 0 Å². The normalized spacial score (nSPS) is 18.9. The van der Waals surface area contributed by atoms with E-state index in [9.17, 15) is 14.7 Å². The Morgan fingerprint density at radius 3 is 2.55 bits per heavy atom.